The zero-order chi connectivity index (χ0) is 25.1. The Hall–Kier alpha value is -4.49. The Morgan fingerprint density at radius 3 is 2.69 bits per heavy atom. The highest BCUT2D eigenvalue weighted by atomic mass is 19.1. The van der Waals surface area contributed by atoms with Gasteiger partial charge in [0.25, 0.3) is 5.91 Å². The molecule has 1 aliphatic carbocycles. The third-order valence-corrected chi connectivity index (χ3v) is 5.52. The number of aromatic nitrogens is 5. The summed E-state index contributed by atoms with van der Waals surface area (Å²) < 4.78 is 21.6. The maximum atomic E-state index is 14.9. The van der Waals surface area contributed by atoms with E-state index in [4.69, 9.17) is 15.6 Å². The summed E-state index contributed by atoms with van der Waals surface area (Å²) in [6, 6.07) is 1.70. The van der Waals surface area contributed by atoms with Gasteiger partial charge in [0.2, 0.25) is 5.88 Å². The van der Waals surface area contributed by atoms with Crippen molar-refractivity contribution in [1.82, 2.24) is 30.3 Å². The van der Waals surface area contributed by atoms with Gasteiger partial charge >= 0.3 is 6.09 Å². The fourth-order valence-corrected chi connectivity index (χ4v) is 3.73. The molecule has 0 radical (unpaired) electrons. The van der Waals surface area contributed by atoms with Crippen LogP contribution < -0.4 is 26.4 Å². The molecule has 0 unspecified atom stereocenters. The molecule has 1 aliphatic rings. The minimum Gasteiger partial charge on any atom is -0.479 e. The summed E-state index contributed by atoms with van der Waals surface area (Å²) in [6.07, 6.45) is 5.09. The zero-order valence-electron chi connectivity index (χ0n) is 18.9. The van der Waals surface area contributed by atoms with Crippen LogP contribution in [0.15, 0.2) is 30.7 Å². The SMILES string of the molecule is COc1ncc(Nc2nc(N[C@H](C3CC3)[C@H](C)NC(=O)O)c(F)cc2C(N)=O)cc1-n1ccnn1. The van der Waals surface area contributed by atoms with Gasteiger partial charge in [-0.05, 0) is 37.8 Å². The average molecular weight is 485 g/mol. The van der Waals surface area contributed by atoms with Crippen LogP contribution in [0.5, 0.6) is 5.88 Å². The summed E-state index contributed by atoms with van der Waals surface area (Å²) in [5, 5.41) is 25.1. The number of amides is 2. The van der Waals surface area contributed by atoms with Crippen molar-refractivity contribution in [3.8, 4) is 11.6 Å². The molecule has 3 aromatic heterocycles. The number of nitrogens with zero attached hydrogens (tertiary/aromatic N) is 5. The third kappa shape index (κ3) is 5.37. The third-order valence-electron chi connectivity index (χ3n) is 5.52. The number of carbonyl (C=O) groups excluding carboxylic acids is 1. The highest BCUT2D eigenvalue weighted by Crippen LogP contribution is 2.36. The molecule has 13 nitrogen and oxygen atoms in total. The van der Waals surface area contributed by atoms with Gasteiger partial charge in [-0.1, -0.05) is 5.21 Å². The molecule has 35 heavy (non-hydrogen) atoms. The van der Waals surface area contributed by atoms with E-state index in [1.807, 2.05) is 0 Å². The van der Waals surface area contributed by atoms with Crippen molar-refractivity contribution in [2.45, 2.75) is 31.8 Å². The lowest BCUT2D eigenvalue weighted by Crippen LogP contribution is -2.45. The molecule has 0 aliphatic heterocycles. The summed E-state index contributed by atoms with van der Waals surface area (Å²) in [4.78, 5) is 31.6. The predicted molar refractivity (Wildman–Crippen MR) is 122 cm³/mol. The maximum absolute atomic E-state index is 14.9. The molecule has 4 rings (SSSR count). The van der Waals surface area contributed by atoms with Crippen LogP contribution in [0.25, 0.3) is 5.69 Å². The van der Waals surface area contributed by atoms with E-state index in [0.29, 0.717) is 11.4 Å². The summed E-state index contributed by atoms with van der Waals surface area (Å²) in [5.41, 5.74) is 6.14. The molecule has 6 N–H and O–H groups in total. The number of pyridine rings is 2. The highest BCUT2D eigenvalue weighted by Gasteiger charge is 2.36. The molecule has 1 fully saturated rings. The zero-order valence-corrected chi connectivity index (χ0v) is 18.9. The molecule has 0 aromatic carbocycles. The lowest BCUT2D eigenvalue weighted by Gasteiger charge is -2.26. The standard InChI is InChI=1S/C21H24FN9O4/c1-10(26-21(33)34)16(11-3-4-11)28-19-14(22)8-13(17(23)32)18(29-19)27-12-7-15(20(35-2)24-9-12)31-6-5-25-30-31/h5-11,16,26H,3-4H2,1-2H3,(H2,23,32)(H,33,34)(H2,27,28,29)/t10-,16-/m0/s1. The van der Waals surface area contributed by atoms with Gasteiger partial charge in [-0.2, -0.15) is 0 Å². The van der Waals surface area contributed by atoms with Gasteiger partial charge < -0.3 is 31.5 Å². The summed E-state index contributed by atoms with van der Waals surface area (Å²) in [7, 11) is 1.46. The molecular weight excluding hydrogens is 461 g/mol. The van der Waals surface area contributed by atoms with Crippen molar-refractivity contribution >= 4 is 29.3 Å². The number of methoxy groups -OCH3 is 1. The second-order valence-electron chi connectivity index (χ2n) is 8.05. The average Bonchev–Trinajstić information content (AvgIpc) is 3.50. The Balaban J connectivity index is 1.67. The van der Waals surface area contributed by atoms with E-state index in [1.165, 1.54) is 24.2 Å². The lowest BCUT2D eigenvalue weighted by atomic mass is 10.0. The second kappa shape index (κ2) is 9.79. The second-order valence-corrected chi connectivity index (χ2v) is 8.05. The van der Waals surface area contributed by atoms with Crippen LogP contribution in [0.2, 0.25) is 0 Å². The number of hydrogen-bond donors (Lipinski definition) is 5. The van der Waals surface area contributed by atoms with Crippen molar-refractivity contribution in [3.63, 3.8) is 0 Å². The molecule has 3 aromatic rings. The summed E-state index contributed by atoms with van der Waals surface area (Å²) in [5.74, 6) is -1.41. The molecule has 184 valence electrons. The number of anilines is 3. The van der Waals surface area contributed by atoms with Crippen molar-refractivity contribution < 1.29 is 23.8 Å². The Bertz CT molecular complexity index is 1230. The normalized spacial score (nSPS) is 14.6. The van der Waals surface area contributed by atoms with Crippen LogP contribution in [0.4, 0.5) is 26.5 Å². The topological polar surface area (TPSA) is 182 Å². The predicted octanol–water partition coefficient (Wildman–Crippen LogP) is 1.89. The molecule has 0 spiro atoms. The van der Waals surface area contributed by atoms with E-state index in [2.05, 4.69) is 36.2 Å². The van der Waals surface area contributed by atoms with Crippen LogP contribution >= 0.6 is 0 Å². The number of nitrogens with one attached hydrogen (secondary N) is 3. The molecule has 2 atom stereocenters. The number of primary amides is 1. The van der Waals surface area contributed by atoms with Gasteiger partial charge in [-0.15, -0.1) is 5.10 Å². The van der Waals surface area contributed by atoms with Gasteiger partial charge in [0.1, 0.15) is 11.5 Å². The number of carbonyl (C=O) groups is 2. The fraction of sp³-hybridized carbons (Fsp3) is 0.333. The van der Waals surface area contributed by atoms with Crippen LogP contribution in [-0.4, -0.2) is 61.3 Å². The Morgan fingerprint density at radius 2 is 2.09 bits per heavy atom. The molecule has 2 amide bonds. The van der Waals surface area contributed by atoms with E-state index >= 15 is 0 Å². The number of carboxylic acid groups (broad SMARTS) is 1. The van der Waals surface area contributed by atoms with E-state index in [-0.39, 0.29) is 29.0 Å². The monoisotopic (exact) mass is 485 g/mol. The van der Waals surface area contributed by atoms with E-state index < -0.39 is 29.9 Å². The lowest BCUT2D eigenvalue weighted by molar-refractivity contribution is 0.1000. The highest BCUT2D eigenvalue weighted by molar-refractivity contribution is 5.98. The largest absolute Gasteiger partial charge is 0.479 e. The summed E-state index contributed by atoms with van der Waals surface area (Å²) in [6.45, 7) is 1.69. The quantitative estimate of drug-likeness (QED) is 0.284. The fourth-order valence-electron chi connectivity index (χ4n) is 3.73. The maximum Gasteiger partial charge on any atom is 0.404 e. The molecule has 3 heterocycles. The van der Waals surface area contributed by atoms with Crippen molar-refractivity contribution in [2.24, 2.45) is 11.7 Å². The van der Waals surface area contributed by atoms with E-state index in [1.54, 1.807) is 19.2 Å². The number of hydrogen-bond acceptors (Lipinski definition) is 9. The Labute approximate surface area is 198 Å². The first-order valence-electron chi connectivity index (χ1n) is 10.7. The molecule has 1 saturated carbocycles. The number of ether oxygens (including phenoxy) is 1. The first-order valence-corrected chi connectivity index (χ1v) is 10.7. The number of halogens is 1. The smallest absolute Gasteiger partial charge is 0.404 e. The van der Waals surface area contributed by atoms with Crippen molar-refractivity contribution in [3.05, 3.63) is 42.1 Å². The van der Waals surface area contributed by atoms with Crippen molar-refractivity contribution in [1.29, 1.82) is 0 Å². The van der Waals surface area contributed by atoms with Crippen LogP contribution in [0, 0.1) is 11.7 Å². The van der Waals surface area contributed by atoms with Gasteiger partial charge in [-0.25, -0.2) is 23.8 Å². The Morgan fingerprint density at radius 1 is 1.31 bits per heavy atom. The Kier molecular flexibility index (Phi) is 6.62. The molecule has 0 saturated heterocycles. The van der Waals surface area contributed by atoms with Gasteiger partial charge in [0.15, 0.2) is 11.6 Å². The number of nitrogens with two attached hydrogens (primary N) is 1. The van der Waals surface area contributed by atoms with Crippen LogP contribution in [-0.2, 0) is 0 Å². The first kappa shape index (κ1) is 23.7. The van der Waals surface area contributed by atoms with E-state index in [9.17, 15) is 14.0 Å². The van der Waals surface area contributed by atoms with Crippen molar-refractivity contribution in [2.75, 3.05) is 17.7 Å². The van der Waals surface area contributed by atoms with Gasteiger partial charge in [-0.3, -0.25) is 4.79 Å². The minimum atomic E-state index is -1.18. The van der Waals surface area contributed by atoms with Crippen LogP contribution in [0.1, 0.15) is 30.1 Å². The van der Waals surface area contributed by atoms with Gasteiger partial charge in [0.05, 0.1) is 43.0 Å². The molecule has 0 bridgehead atoms. The molecule has 14 heteroatoms. The van der Waals surface area contributed by atoms with Crippen LogP contribution in [0.3, 0.4) is 0 Å². The first-order chi connectivity index (χ1) is 16.8. The van der Waals surface area contributed by atoms with Gasteiger partial charge in [0, 0.05) is 6.04 Å². The summed E-state index contributed by atoms with van der Waals surface area (Å²) >= 11 is 0. The molecular formula is C21H24FN9O4. The number of rotatable bonds is 10. The van der Waals surface area contributed by atoms with E-state index in [0.717, 1.165) is 18.9 Å². The minimum absolute atomic E-state index is 0.00805.